The number of para-hydroxylation sites is 3. The van der Waals surface area contributed by atoms with Crippen molar-refractivity contribution in [3.05, 3.63) is 297 Å². The SMILES string of the molecule is c1ccc(-c2ccc(N(c3ccc(-c4ccccc4)cc3)c3cc(-c4ccc5ccccc5c4)cc(N(c4ccc(-c5ccccc5)cc4)c4cccc5c6ccccc6n(-c6ccccc6)c45)c3)cc2)cc1. The fraction of sp³-hybridized carbons (Fsp3) is 0. The van der Waals surface area contributed by atoms with Crippen molar-refractivity contribution >= 4 is 66.7 Å². The lowest BCUT2D eigenvalue weighted by molar-refractivity contribution is 1.17. The highest BCUT2D eigenvalue weighted by atomic mass is 15.2. The molecular formula is C70H49N3. The zero-order chi connectivity index (χ0) is 48.5. The number of hydrogen-bond acceptors (Lipinski definition) is 2. The van der Waals surface area contributed by atoms with Crippen LogP contribution in [-0.2, 0) is 0 Å². The second-order valence-electron chi connectivity index (χ2n) is 18.6. The van der Waals surface area contributed by atoms with E-state index in [4.69, 9.17) is 0 Å². The number of benzene rings is 12. The molecule has 344 valence electrons. The predicted molar refractivity (Wildman–Crippen MR) is 309 cm³/mol. The van der Waals surface area contributed by atoms with Crippen molar-refractivity contribution in [2.75, 3.05) is 9.80 Å². The average molecular weight is 932 g/mol. The molecule has 3 nitrogen and oxygen atoms in total. The molecule has 0 radical (unpaired) electrons. The Labute approximate surface area is 426 Å². The van der Waals surface area contributed by atoms with Gasteiger partial charge >= 0.3 is 0 Å². The van der Waals surface area contributed by atoms with Crippen molar-refractivity contribution in [1.82, 2.24) is 4.57 Å². The second-order valence-corrected chi connectivity index (χ2v) is 18.6. The molecule has 0 fully saturated rings. The first-order chi connectivity index (χ1) is 36.2. The maximum absolute atomic E-state index is 2.47. The van der Waals surface area contributed by atoms with Gasteiger partial charge in [-0.2, -0.15) is 0 Å². The van der Waals surface area contributed by atoms with E-state index < -0.39 is 0 Å². The minimum absolute atomic E-state index is 1.03. The molecule has 13 rings (SSSR count). The van der Waals surface area contributed by atoms with Gasteiger partial charge in [0.1, 0.15) is 0 Å². The third-order valence-corrected chi connectivity index (χ3v) is 14.1. The van der Waals surface area contributed by atoms with E-state index in [9.17, 15) is 0 Å². The Balaban J connectivity index is 1.08. The molecule has 0 aliphatic carbocycles. The van der Waals surface area contributed by atoms with Crippen molar-refractivity contribution in [2.24, 2.45) is 0 Å². The molecule has 0 atom stereocenters. The molecule has 0 saturated heterocycles. The van der Waals surface area contributed by atoms with Gasteiger partial charge in [-0.3, -0.25) is 0 Å². The molecule has 0 bridgehead atoms. The monoisotopic (exact) mass is 931 g/mol. The van der Waals surface area contributed by atoms with Gasteiger partial charge in [0, 0.05) is 44.9 Å². The highest BCUT2D eigenvalue weighted by molar-refractivity contribution is 6.14. The molecule has 0 aliphatic rings. The Bertz CT molecular complexity index is 3950. The fourth-order valence-electron chi connectivity index (χ4n) is 10.6. The summed E-state index contributed by atoms with van der Waals surface area (Å²) in [4.78, 5) is 4.88. The summed E-state index contributed by atoms with van der Waals surface area (Å²) < 4.78 is 2.44. The normalized spacial score (nSPS) is 11.3. The van der Waals surface area contributed by atoms with Crippen LogP contribution in [0.15, 0.2) is 297 Å². The molecule has 0 spiro atoms. The average Bonchev–Trinajstić information content (AvgIpc) is 3.82. The molecule has 3 heteroatoms. The maximum atomic E-state index is 2.47. The molecule has 73 heavy (non-hydrogen) atoms. The first kappa shape index (κ1) is 43.3. The molecule has 0 amide bonds. The third-order valence-electron chi connectivity index (χ3n) is 14.1. The van der Waals surface area contributed by atoms with Gasteiger partial charge in [0.25, 0.3) is 0 Å². The molecular weight excluding hydrogens is 883 g/mol. The number of aromatic nitrogens is 1. The minimum Gasteiger partial charge on any atom is -0.310 e. The van der Waals surface area contributed by atoms with Crippen molar-refractivity contribution < 1.29 is 0 Å². The van der Waals surface area contributed by atoms with E-state index in [0.29, 0.717) is 0 Å². The summed E-state index contributed by atoms with van der Waals surface area (Å²) in [5, 5.41) is 4.80. The maximum Gasteiger partial charge on any atom is 0.0782 e. The quantitative estimate of drug-likeness (QED) is 0.128. The van der Waals surface area contributed by atoms with Crippen molar-refractivity contribution in [2.45, 2.75) is 0 Å². The number of nitrogens with zero attached hydrogens (tertiary/aromatic N) is 3. The zero-order valence-electron chi connectivity index (χ0n) is 40.1. The Hall–Kier alpha value is -9.70. The molecule has 13 aromatic rings. The van der Waals surface area contributed by atoms with Crippen LogP contribution in [-0.4, -0.2) is 4.57 Å². The minimum atomic E-state index is 1.03. The van der Waals surface area contributed by atoms with Gasteiger partial charge in [-0.25, -0.2) is 0 Å². The van der Waals surface area contributed by atoms with E-state index in [1.165, 1.54) is 49.4 Å². The number of fused-ring (bicyclic) bond motifs is 4. The number of hydrogen-bond donors (Lipinski definition) is 0. The summed E-state index contributed by atoms with van der Waals surface area (Å²) in [5.41, 5.74) is 19.0. The first-order valence-corrected chi connectivity index (χ1v) is 25.0. The lowest BCUT2D eigenvalue weighted by Crippen LogP contribution is -2.14. The molecule has 0 aliphatic heterocycles. The summed E-state index contributed by atoms with van der Waals surface area (Å²) in [7, 11) is 0. The molecule has 0 saturated carbocycles. The van der Waals surface area contributed by atoms with Gasteiger partial charge in [0.2, 0.25) is 0 Å². The summed E-state index contributed by atoms with van der Waals surface area (Å²) in [6, 6.07) is 108. The van der Waals surface area contributed by atoms with Crippen LogP contribution >= 0.6 is 0 Å². The van der Waals surface area contributed by atoms with Crippen molar-refractivity contribution in [3.63, 3.8) is 0 Å². The highest BCUT2D eigenvalue weighted by Gasteiger charge is 2.24. The van der Waals surface area contributed by atoms with Gasteiger partial charge in [-0.15, -0.1) is 0 Å². The third kappa shape index (κ3) is 8.29. The number of rotatable bonds is 11. The predicted octanol–water partition coefficient (Wildman–Crippen LogP) is 19.5. The van der Waals surface area contributed by atoms with E-state index in [0.717, 1.165) is 67.5 Å². The van der Waals surface area contributed by atoms with Crippen LogP contribution in [0.3, 0.4) is 0 Å². The molecule has 1 aromatic heterocycles. The Morgan fingerprint density at radius 1 is 0.233 bits per heavy atom. The van der Waals surface area contributed by atoms with Crippen LogP contribution in [0.1, 0.15) is 0 Å². The van der Waals surface area contributed by atoms with Crippen LogP contribution in [0.25, 0.3) is 82.8 Å². The van der Waals surface area contributed by atoms with Crippen LogP contribution in [0, 0.1) is 0 Å². The standard InChI is InChI=1S/C70H49N3/c1-5-18-50(19-6-1)54-34-40-61(41-35-54)71(62-42-36-55(37-43-62)51-20-7-2-8-21-51)64-47-59(58-33-32-53-24-13-14-25-57(53)46-58)48-65(49-64)72(63-44-38-56(39-45-63)52-22-9-3-10-23-52)69-31-17-29-67-66-28-15-16-30-68(66)73(70(67)69)60-26-11-4-12-27-60/h1-49H. The van der Waals surface area contributed by atoms with E-state index in [1.54, 1.807) is 0 Å². The van der Waals surface area contributed by atoms with Crippen LogP contribution in [0.5, 0.6) is 0 Å². The van der Waals surface area contributed by atoms with Crippen LogP contribution < -0.4 is 9.80 Å². The Morgan fingerprint density at radius 3 is 1.22 bits per heavy atom. The van der Waals surface area contributed by atoms with Gasteiger partial charge in [0.15, 0.2) is 0 Å². The summed E-state index contributed by atoms with van der Waals surface area (Å²) in [6.07, 6.45) is 0. The lowest BCUT2D eigenvalue weighted by atomic mass is 9.98. The Morgan fingerprint density at radius 2 is 0.658 bits per heavy atom. The fourth-order valence-corrected chi connectivity index (χ4v) is 10.6. The zero-order valence-corrected chi connectivity index (χ0v) is 40.1. The molecule has 1 heterocycles. The smallest absolute Gasteiger partial charge is 0.0782 e. The van der Waals surface area contributed by atoms with Gasteiger partial charge in [0.05, 0.1) is 16.7 Å². The van der Waals surface area contributed by atoms with Gasteiger partial charge < -0.3 is 14.4 Å². The Kier molecular flexibility index (Phi) is 11.2. The molecule has 0 unspecified atom stereocenters. The lowest BCUT2D eigenvalue weighted by Gasteiger charge is -2.31. The van der Waals surface area contributed by atoms with E-state index in [1.807, 2.05) is 0 Å². The van der Waals surface area contributed by atoms with Crippen molar-refractivity contribution in [1.29, 1.82) is 0 Å². The first-order valence-electron chi connectivity index (χ1n) is 25.0. The van der Waals surface area contributed by atoms with Crippen molar-refractivity contribution in [3.8, 4) is 50.2 Å². The number of anilines is 6. The second kappa shape index (κ2) is 18.9. The van der Waals surface area contributed by atoms with E-state index >= 15 is 0 Å². The van der Waals surface area contributed by atoms with E-state index in [-0.39, 0.29) is 0 Å². The summed E-state index contributed by atoms with van der Waals surface area (Å²) in [6.45, 7) is 0. The summed E-state index contributed by atoms with van der Waals surface area (Å²) in [5.74, 6) is 0. The largest absolute Gasteiger partial charge is 0.310 e. The van der Waals surface area contributed by atoms with Crippen LogP contribution in [0.2, 0.25) is 0 Å². The topological polar surface area (TPSA) is 11.4 Å². The molecule has 12 aromatic carbocycles. The molecule has 0 N–H and O–H groups in total. The van der Waals surface area contributed by atoms with Gasteiger partial charge in [-0.05, 0) is 140 Å². The van der Waals surface area contributed by atoms with Gasteiger partial charge in [-0.1, -0.05) is 212 Å². The van der Waals surface area contributed by atoms with E-state index in [2.05, 4.69) is 312 Å². The van der Waals surface area contributed by atoms with Crippen LogP contribution in [0.4, 0.5) is 34.1 Å². The highest BCUT2D eigenvalue weighted by Crippen LogP contribution is 2.47. The summed E-state index contributed by atoms with van der Waals surface area (Å²) >= 11 is 0.